The summed E-state index contributed by atoms with van der Waals surface area (Å²) >= 11 is 10.4. The van der Waals surface area contributed by atoms with Crippen LogP contribution in [-0.4, -0.2) is 20.2 Å². The molecule has 0 saturated carbocycles. The molecule has 1 heterocycles. The first kappa shape index (κ1) is 16.1. The summed E-state index contributed by atoms with van der Waals surface area (Å²) in [6.07, 6.45) is 0. The van der Waals surface area contributed by atoms with Crippen molar-refractivity contribution in [1.29, 1.82) is 0 Å². The molecule has 2 aromatic rings. The fraction of sp³-hybridized carbons (Fsp3) is 0.214. The Hall–Kier alpha value is -1.24. The average molecular weight is 392 g/mol. The van der Waals surface area contributed by atoms with Gasteiger partial charge in [0, 0.05) is 10.0 Å². The summed E-state index contributed by atoms with van der Waals surface area (Å²) in [5.41, 5.74) is 0.781. The smallest absolute Gasteiger partial charge is 0.348 e. The van der Waals surface area contributed by atoms with Crippen LogP contribution in [0.1, 0.15) is 15.2 Å². The molecule has 0 fully saturated rings. The molecule has 0 radical (unpaired) electrons. The number of hydrogen-bond donors (Lipinski definition) is 0. The first-order chi connectivity index (χ1) is 10.0. The second-order valence-electron chi connectivity index (χ2n) is 3.98. The van der Waals surface area contributed by atoms with E-state index >= 15 is 0 Å². The van der Waals surface area contributed by atoms with Gasteiger partial charge in [0.05, 0.1) is 18.6 Å². The maximum Gasteiger partial charge on any atom is 0.348 e. The van der Waals surface area contributed by atoms with Crippen LogP contribution >= 0.6 is 38.9 Å². The van der Waals surface area contributed by atoms with Gasteiger partial charge in [0.25, 0.3) is 0 Å². The topological polar surface area (TPSA) is 44.8 Å². The standard InChI is InChI=1S/C14H12BrClO4S/c1-18-10-5-8(9(15)6-11(10)19-2)7-20-14(17)12-3-4-13(16)21-12/h3-6H,7H2,1-2H3. The van der Waals surface area contributed by atoms with E-state index in [0.717, 1.165) is 10.0 Å². The second-order valence-corrected chi connectivity index (χ2v) is 6.55. The van der Waals surface area contributed by atoms with E-state index in [4.69, 9.17) is 25.8 Å². The molecule has 4 nitrogen and oxygen atoms in total. The lowest BCUT2D eigenvalue weighted by Gasteiger charge is -2.12. The van der Waals surface area contributed by atoms with Gasteiger partial charge in [0.2, 0.25) is 0 Å². The molecule has 112 valence electrons. The van der Waals surface area contributed by atoms with Gasteiger partial charge < -0.3 is 14.2 Å². The van der Waals surface area contributed by atoms with Crippen LogP contribution in [0.15, 0.2) is 28.7 Å². The van der Waals surface area contributed by atoms with E-state index in [9.17, 15) is 4.79 Å². The van der Waals surface area contributed by atoms with E-state index in [1.54, 1.807) is 38.5 Å². The summed E-state index contributed by atoms with van der Waals surface area (Å²) in [6.45, 7) is 0.120. The summed E-state index contributed by atoms with van der Waals surface area (Å²) in [6, 6.07) is 6.83. The third-order valence-electron chi connectivity index (χ3n) is 2.69. The number of benzene rings is 1. The highest BCUT2D eigenvalue weighted by atomic mass is 79.9. The maximum atomic E-state index is 11.9. The number of esters is 1. The van der Waals surface area contributed by atoms with E-state index in [2.05, 4.69) is 15.9 Å². The lowest BCUT2D eigenvalue weighted by atomic mass is 10.2. The number of rotatable bonds is 5. The minimum Gasteiger partial charge on any atom is -0.493 e. The second kappa shape index (κ2) is 7.15. The van der Waals surface area contributed by atoms with Crippen molar-refractivity contribution in [2.75, 3.05) is 14.2 Å². The first-order valence-electron chi connectivity index (χ1n) is 5.88. The van der Waals surface area contributed by atoms with Gasteiger partial charge in [0.15, 0.2) is 11.5 Å². The zero-order valence-corrected chi connectivity index (χ0v) is 14.5. The molecule has 0 spiro atoms. The molecular weight excluding hydrogens is 380 g/mol. The Labute approximate surface area is 139 Å². The molecule has 2 rings (SSSR count). The zero-order valence-electron chi connectivity index (χ0n) is 11.3. The Bertz CT molecular complexity index is 656. The number of carbonyl (C=O) groups excluding carboxylic acids is 1. The maximum absolute atomic E-state index is 11.9. The fourth-order valence-electron chi connectivity index (χ4n) is 1.65. The van der Waals surface area contributed by atoms with Crippen molar-refractivity contribution in [2.24, 2.45) is 0 Å². The van der Waals surface area contributed by atoms with E-state index in [1.165, 1.54) is 11.3 Å². The van der Waals surface area contributed by atoms with Gasteiger partial charge in [-0.3, -0.25) is 0 Å². The summed E-state index contributed by atoms with van der Waals surface area (Å²) < 4.78 is 17.0. The highest BCUT2D eigenvalue weighted by Gasteiger charge is 2.14. The van der Waals surface area contributed by atoms with Gasteiger partial charge in [-0.05, 0) is 24.3 Å². The minimum atomic E-state index is -0.409. The Balaban J connectivity index is 2.11. The van der Waals surface area contributed by atoms with Crippen LogP contribution in [0.25, 0.3) is 0 Å². The molecule has 1 aromatic carbocycles. The Kier molecular flexibility index (Phi) is 5.50. The van der Waals surface area contributed by atoms with Crippen LogP contribution in [0.5, 0.6) is 11.5 Å². The van der Waals surface area contributed by atoms with Gasteiger partial charge in [-0.1, -0.05) is 27.5 Å². The number of ether oxygens (including phenoxy) is 3. The number of carbonyl (C=O) groups is 1. The molecule has 7 heteroatoms. The van der Waals surface area contributed by atoms with Crippen molar-refractivity contribution < 1.29 is 19.0 Å². The highest BCUT2D eigenvalue weighted by molar-refractivity contribution is 9.10. The SMILES string of the molecule is COc1cc(Br)c(COC(=O)c2ccc(Cl)s2)cc1OC. The molecule has 21 heavy (non-hydrogen) atoms. The van der Waals surface area contributed by atoms with Crippen LogP contribution < -0.4 is 9.47 Å². The number of hydrogen-bond acceptors (Lipinski definition) is 5. The average Bonchev–Trinajstić information content (AvgIpc) is 2.91. The van der Waals surface area contributed by atoms with Crippen molar-refractivity contribution in [1.82, 2.24) is 0 Å². The van der Waals surface area contributed by atoms with Crippen LogP contribution in [0.3, 0.4) is 0 Å². The predicted molar refractivity (Wildman–Crippen MR) is 85.7 cm³/mol. The molecule has 0 aliphatic heterocycles. The molecule has 1 aromatic heterocycles. The van der Waals surface area contributed by atoms with Crippen LogP contribution in [0.4, 0.5) is 0 Å². The third-order valence-corrected chi connectivity index (χ3v) is 4.64. The molecule has 0 unspecified atom stereocenters. The lowest BCUT2D eigenvalue weighted by Crippen LogP contribution is -2.04. The largest absolute Gasteiger partial charge is 0.493 e. The Morgan fingerprint density at radius 3 is 2.48 bits per heavy atom. The van der Waals surface area contributed by atoms with Crippen molar-refractivity contribution >= 4 is 44.8 Å². The van der Waals surface area contributed by atoms with Crippen molar-refractivity contribution in [3.8, 4) is 11.5 Å². The summed E-state index contributed by atoms with van der Waals surface area (Å²) in [7, 11) is 3.11. The van der Waals surface area contributed by atoms with Gasteiger partial charge in [-0.2, -0.15) is 0 Å². The quantitative estimate of drug-likeness (QED) is 0.702. The number of methoxy groups -OCH3 is 2. The van der Waals surface area contributed by atoms with Crippen molar-refractivity contribution in [3.63, 3.8) is 0 Å². The van der Waals surface area contributed by atoms with Crippen molar-refractivity contribution in [2.45, 2.75) is 6.61 Å². The number of thiophene rings is 1. The van der Waals surface area contributed by atoms with Crippen LogP contribution in [-0.2, 0) is 11.3 Å². The van der Waals surface area contributed by atoms with Crippen molar-refractivity contribution in [3.05, 3.63) is 43.5 Å². The predicted octanol–water partition coefficient (Wildman–Crippen LogP) is 4.54. The van der Waals surface area contributed by atoms with Gasteiger partial charge in [0.1, 0.15) is 11.5 Å². The van der Waals surface area contributed by atoms with Crippen LogP contribution in [0, 0.1) is 0 Å². The number of halogens is 2. The normalized spacial score (nSPS) is 10.3. The minimum absolute atomic E-state index is 0.120. The summed E-state index contributed by atoms with van der Waals surface area (Å²) in [4.78, 5) is 12.3. The van der Waals surface area contributed by atoms with E-state index in [0.29, 0.717) is 20.7 Å². The Morgan fingerprint density at radius 1 is 1.24 bits per heavy atom. The molecule has 0 N–H and O–H groups in total. The van der Waals surface area contributed by atoms with E-state index < -0.39 is 5.97 Å². The molecular formula is C14H12BrClO4S. The fourth-order valence-corrected chi connectivity index (χ4v) is 3.02. The molecule has 0 bridgehead atoms. The molecule has 0 aliphatic rings. The van der Waals surface area contributed by atoms with Gasteiger partial charge in [-0.15, -0.1) is 11.3 Å². The van der Waals surface area contributed by atoms with Gasteiger partial charge in [-0.25, -0.2) is 4.79 Å². The molecule has 0 amide bonds. The molecule has 0 aliphatic carbocycles. The summed E-state index contributed by atoms with van der Waals surface area (Å²) in [5.74, 6) is 0.768. The highest BCUT2D eigenvalue weighted by Crippen LogP contribution is 2.33. The zero-order chi connectivity index (χ0) is 15.4. The van der Waals surface area contributed by atoms with E-state index in [1.807, 2.05) is 0 Å². The van der Waals surface area contributed by atoms with Crippen LogP contribution in [0.2, 0.25) is 4.34 Å². The summed E-state index contributed by atoms with van der Waals surface area (Å²) in [5, 5.41) is 0. The lowest BCUT2D eigenvalue weighted by molar-refractivity contribution is 0.0477. The molecule has 0 saturated heterocycles. The van der Waals surface area contributed by atoms with Gasteiger partial charge >= 0.3 is 5.97 Å². The first-order valence-corrected chi connectivity index (χ1v) is 7.86. The third kappa shape index (κ3) is 3.90. The van der Waals surface area contributed by atoms with E-state index in [-0.39, 0.29) is 6.61 Å². The Morgan fingerprint density at radius 2 is 1.90 bits per heavy atom. The monoisotopic (exact) mass is 390 g/mol. The molecule has 0 atom stereocenters.